The molecule has 148 valence electrons. The maximum Gasteiger partial charge on any atom is 0.238 e. The lowest BCUT2D eigenvalue weighted by atomic mass is 10.1. The molecule has 0 saturated carbocycles. The summed E-state index contributed by atoms with van der Waals surface area (Å²) in [5, 5.41) is 5.85. The lowest BCUT2D eigenvalue weighted by Crippen LogP contribution is -2.22. The number of hydrogen-bond donors (Lipinski definition) is 2. The number of carbonyl (C=O) groups excluding carboxylic acids is 2. The standard InChI is InChI=1S/C22H20ClN3O2S/c1-15(22(28)26-20-12-7-17(23)14-24-20)29-19-10-8-18(9-11-19)25-21(27)13-16-5-3-2-4-6-16/h2-12,14-15H,13H2,1H3,(H,25,27)(H,24,26,28). The average molecular weight is 426 g/mol. The molecule has 3 aromatic rings. The molecule has 2 N–H and O–H groups in total. The highest BCUT2D eigenvalue weighted by atomic mass is 35.5. The molecule has 7 heteroatoms. The summed E-state index contributed by atoms with van der Waals surface area (Å²) in [6, 6.07) is 20.3. The van der Waals surface area contributed by atoms with Crippen molar-refractivity contribution in [3.63, 3.8) is 0 Å². The molecule has 5 nitrogen and oxygen atoms in total. The number of aromatic nitrogens is 1. The van der Waals surface area contributed by atoms with Crippen LogP contribution in [0.5, 0.6) is 0 Å². The first kappa shape index (κ1) is 20.9. The van der Waals surface area contributed by atoms with Gasteiger partial charge in [-0.25, -0.2) is 4.98 Å². The summed E-state index contributed by atoms with van der Waals surface area (Å²) in [6.45, 7) is 1.82. The highest BCUT2D eigenvalue weighted by Crippen LogP contribution is 2.25. The molecule has 1 heterocycles. The van der Waals surface area contributed by atoms with E-state index in [-0.39, 0.29) is 17.1 Å². The Balaban J connectivity index is 1.50. The fourth-order valence-electron chi connectivity index (χ4n) is 2.54. The number of thioether (sulfide) groups is 1. The van der Waals surface area contributed by atoms with Gasteiger partial charge in [0.15, 0.2) is 0 Å². The number of pyridine rings is 1. The van der Waals surface area contributed by atoms with Crippen LogP contribution in [0, 0.1) is 0 Å². The van der Waals surface area contributed by atoms with Gasteiger partial charge in [0, 0.05) is 16.8 Å². The predicted molar refractivity (Wildman–Crippen MR) is 118 cm³/mol. The summed E-state index contributed by atoms with van der Waals surface area (Å²) in [5.74, 6) is 0.244. The van der Waals surface area contributed by atoms with Gasteiger partial charge in [-0.2, -0.15) is 0 Å². The minimum absolute atomic E-state index is 0.0696. The Morgan fingerprint density at radius 1 is 1.00 bits per heavy atom. The van der Waals surface area contributed by atoms with Gasteiger partial charge in [0.2, 0.25) is 11.8 Å². The number of halogens is 1. The molecule has 0 aliphatic carbocycles. The fraction of sp³-hybridized carbons (Fsp3) is 0.136. The number of amides is 2. The number of nitrogens with one attached hydrogen (secondary N) is 2. The maximum atomic E-state index is 12.3. The van der Waals surface area contributed by atoms with E-state index in [4.69, 9.17) is 11.6 Å². The minimum Gasteiger partial charge on any atom is -0.326 e. The van der Waals surface area contributed by atoms with Gasteiger partial charge in [-0.05, 0) is 48.9 Å². The largest absolute Gasteiger partial charge is 0.326 e. The second-order valence-electron chi connectivity index (χ2n) is 6.35. The molecule has 2 aromatic carbocycles. The molecule has 2 amide bonds. The third-order valence-corrected chi connectivity index (χ3v) is 5.34. The van der Waals surface area contributed by atoms with Crippen molar-refractivity contribution in [2.75, 3.05) is 10.6 Å². The predicted octanol–water partition coefficient (Wildman–Crippen LogP) is 5.04. The van der Waals surface area contributed by atoms with E-state index in [1.54, 1.807) is 12.1 Å². The minimum atomic E-state index is -0.314. The molecule has 1 unspecified atom stereocenters. The molecule has 0 spiro atoms. The maximum absolute atomic E-state index is 12.3. The molecule has 1 aromatic heterocycles. The van der Waals surface area contributed by atoms with Crippen LogP contribution in [0.2, 0.25) is 5.02 Å². The molecular formula is C22H20ClN3O2S. The molecule has 29 heavy (non-hydrogen) atoms. The van der Waals surface area contributed by atoms with Gasteiger partial charge < -0.3 is 10.6 Å². The monoisotopic (exact) mass is 425 g/mol. The average Bonchev–Trinajstić information content (AvgIpc) is 2.72. The Kier molecular flexibility index (Phi) is 7.27. The summed E-state index contributed by atoms with van der Waals surface area (Å²) in [5.41, 5.74) is 1.69. The summed E-state index contributed by atoms with van der Waals surface area (Å²) in [7, 11) is 0. The second kappa shape index (κ2) is 10.1. The van der Waals surface area contributed by atoms with Crippen molar-refractivity contribution in [2.45, 2.75) is 23.5 Å². The highest BCUT2D eigenvalue weighted by Gasteiger charge is 2.15. The topological polar surface area (TPSA) is 71.1 Å². The van der Waals surface area contributed by atoms with Gasteiger partial charge in [-0.3, -0.25) is 9.59 Å². The van der Waals surface area contributed by atoms with E-state index in [1.165, 1.54) is 18.0 Å². The zero-order chi connectivity index (χ0) is 20.6. The Morgan fingerprint density at radius 2 is 1.72 bits per heavy atom. The van der Waals surface area contributed by atoms with E-state index in [0.717, 1.165) is 16.1 Å². The van der Waals surface area contributed by atoms with Crippen molar-refractivity contribution >= 4 is 46.7 Å². The molecule has 0 saturated heterocycles. The molecule has 0 aliphatic heterocycles. The van der Waals surface area contributed by atoms with Crippen molar-refractivity contribution < 1.29 is 9.59 Å². The van der Waals surface area contributed by atoms with Crippen LogP contribution in [0.1, 0.15) is 12.5 Å². The van der Waals surface area contributed by atoms with Crippen LogP contribution in [0.15, 0.2) is 77.8 Å². The Bertz CT molecular complexity index is 964. The first-order chi connectivity index (χ1) is 14.0. The van der Waals surface area contributed by atoms with E-state index >= 15 is 0 Å². The highest BCUT2D eigenvalue weighted by molar-refractivity contribution is 8.00. The zero-order valence-corrected chi connectivity index (χ0v) is 17.3. The third-order valence-electron chi connectivity index (χ3n) is 4.01. The van der Waals surface area contributed by atoms with E-state index < -0.39 is 0 Å². The molecule has 1 atom stereocenters. The summed E-state index contributed by atoms with van der Waals surface area (Å²) in [4.78, 5) is 29.5. The number of benzene rings is 2. The number of hydrogen-bond acceptors (Lipinski definition) is 4. The SMILES string of the molecule is CC(Sc1ccc(NC(=O)Cc2ccccc2)cc1)C(=O)Nc1ccc(Cl)cn1. The molecular weight excluding hydrogens is 406 g/mol. The summed E-state index contributed by atoms with van der Waals surface area (Å²) in [6.07, 6.45) is 1.81. The normalized spacial score (nSPS) is 11.5. The zero-order valence-electron chi connectivity index (χ0n) is 15.8. The fourth-order valence-corrected chi connectivity index (χ4v) is 3.52. The Labute approximate surface area is 178 Å². The van der Waals surface area contributed by atoms with E-state index in [9.17, 15) is 9.59 Å². The van der Waals surface area contributed by atoms with Crippen molar-refractivity contribution in [3.8, 4) is 0 Å². The molecule has 0 radical (unpaired) electrons. The molecule has 0 bridgehead atoms. The Hall–Kier alpha value is -2.83. The van der Waals surface area contributed by atoms with Gasteiger partial charge in [-0.15, -0.1) is 11.8 Å². The van der Waals surface area contributed by atoms with E-state index in [0.29, 0.717) is 17.3 Å². The van der Waals surface area contributed by atoms with Gasteiger partial charge >= 0.3 is 0 Å². The van der Waals surface area contributed by atoms with Gasteiger partial charge in [0.25, 0.3) is 0 Å². The van der Waals surface area contributed by atoms with Crippen molar-refractivity contribution in [3.05, 3.63) is 83.5 Å². The van der Waals surface area contributed by atoms with Crippen LogP contribution in [-0.2, 0) is 16.0 Å². The number of carbonyl (C=O) groups is 2. The first-order valence-corrected chi connectivity index (χ1v) is 10.3. The van der Waals surface area contributed by atoms with E-state index in [1.807, 2.05) is 61.5 Å². The van der Waals surface area contributed by atoms with Crippen LogP contribution >= 0.6 is 23.4 Å². The van der Waals surface area contributed by atoms with Crippen LogP contribution in [0.4, 0.5) is 11.5 Å². The van der Waals surface area contributed by atoms with Crippen molar-refractivity contribution in [1.82, 2.24) is 4.98 Å². The van der Waals surface area contributed by atoms with E-state index in [2.05, 4.69) is 15.6 Å². The molecule has 0 aliphatic rings. The van der Waals surface area contributed by atoms with Crippen LogP contribution in [-0.4, -0.2) is 22.0 Å². The first-order valence-electron chi connectivity index (χ1n) is 9.02. The van der Waals surface area contributed by atoms with Crippen molar-refractivity contribution in [2.24, 2.45) is 0 Å². The quantitative estimate of drug-likeness (QED) is 0.520. The van der Waals surface area contributed by atoms with Gasteiger partial charge in [0.05, 0.1) is 16.7 Å². The van der Waals surface area contributed by atoms with Crippen LogP contribution < -0.4 is 10.6 Å². The number of nitrogens with zero attached hydrogens (tertiary/aromatic N) is 1. The summed E-state index contributed by atoms with van der Waals surface area (Å²) < 4.78 is 0. The third kappa shape index (κ3) is 6.62. The Morgan fingerprint density at radius 3 is 2.38 bits per heavy atom. The van der Waals surface area contributed by atoms with Gasteiger partial charge in [0.1, 0.15) is 5.82 Å². The molecule has 0 fully saturated rings. The van der Waals surface area contributed by atoms with Crippen LogP contribution in [0.3, 0.4) is 0 Å². The lowest BCUT2D eigenvalue weighted by molar-refractivity contribution is -0.116. The molecule has 3 rings (SSSR count). The van der Waals surface area contributed by atoms with Gasteiger partial charge in [-0.1, -0.05) is 41.9 Å². The smallest absolute Gasteiger partial charge is 0.238 e. The number of anilines is 2. The summed E-state index contributed by atoms with van der Waals surface area (Å²) >= 11 is 7.22. The van der Waals surface area contributed by atoms with Crippen LogP contribution in [0.25, 0.3) is 0 Å². The van der Waals surface area contributed by atoms with Crippen molar-refractivity contribution in [1.29, 1.82) is 0 Å². The second-order valence-corrected chi connectivity index (χ2v) is 8.20. The number of rotatable bonds is 7. The lowest BCUT2D eigenvalue weighted by Gasteiger charge is -2.12.